The highest BCUT2D eigenvalue weighted by Gasteiger charge is 2.19. The normalized spacial score (nSPS) is 33.0. The molecule has 1 rings (SSSR count). The van der Waals surface area contributed by atoms with E-state index in [9.17, 15) is 0 Å². The largest absolute Gasteiger partial charge is 0.393 e. The number of aliphatic hydroxyl groups is 1. The summed E-state index contributed by atoms with van der Waals surface area (Å²) in [5.74, 6) is 0.398. The topological polar surface area (TPSA) is 29.5 Å². The average Bonchev–Trinajstić information content (AvgIpc) is 2.12. The van der Waals surface area contributed by atoms with Gasteiger partial charge in [0.05, 0.1) is 12.7 Å². The molecule has 1 aliphatic heterocycles. The minimum Gasteiger partial charge on any atom is -0.393 e. The third-order valence-electron chi connectivity index (χ3n) is 1.65. The zero-order valence-corrected chi connectivity index (χ0v) is 5.13. The van der Waals surface area contributed by atoms with E-state index >= 15 is 0 Å². The van der Waals surface area contributed by atoms with Crippen LogP contribution in [0.1, 0.15) is 13.3 Å². The molecule has 0 aromatic carbocycles. The van der Waals surface area contributed by atoms with Gasteiger partial charge in [0.15, 0.2) is 0 Å². The molecule has 2 nitrogen and oxygen atoms in total. The summed E-state index contributed by atoms with van der Waals surface area (Å²) in [6.07, 6.45) is 0.843. The maximum Gasteiger partial charge on any atom is 0.0563 e. The molecule has 0 spiro atoms. The lowest BCUT2D eigenvalue weighted by Gasteiger charge is -2.08. The van der Waals surface area contributed by atoms with Crippen molar-refractivity contribution in [2.75, 3.05) is 13.2 Å². The third-order valence-corrected chi connectivity index (χ3v) is 1.65. The van der Waals surface area contributed by atoms with Gasteiger partial charge in [-0.1, -0.05) is 0 Å². The zero-order valence-electron chi connectivity index (χ0n) is 5.13. The van der Waals surface area contributed by atoms with Gasteiger partial charge in [-0.2, -0.15) is 0 Å². The van der Waals surface area contributed by atoms with Crippen LogP contribution in [-0.4, -0.2) is 24.4 Å². The maximum absolute atomic E-state index is 8.97. The summed E-state index contributed by atoms with van der Waals surface area (Å²) in [5.41, 5.74) is 0. The van der Waals surface area contributed by atoms with Crippen molar-refractivity contribution in [1.82, 2.24) is 0 Å². The monoisotopic (exact) mass is 116 g/mol. The van der Waals surface area contributed by atoms with Crippen LogP contribution in [0.2, 0.25) is 0 Å². The number of ether oxygens (including phenoxy) is 1. The lowest BCUT2D eigenvalue weighted by Crippen LogP contribution is -2.15. The molecule has 2 atom stereocenters. The Kier molecular flexibility index (Phi) is 1.86. The van der Waals surface area contributed by atoms with Crippen LogP contribution in [0.3, 0.4) is 0 Å². The Morgan fingerprint density at radius 1 is 1.75 bits per heavy atom. The zero-order chi connectivity index (χ0) is 5.98. The van der Waals surface area contributed by atoms with Gasteiger partial charge in [-0.25, -0.2) is 0 Å². The Hall–Kier alpha value is -0.0800. The highest BCUT2D eigenvalue weighted by molar-refractivity contribution is 4.68. The molecule has 0 aliphatic carbocycles. The van der Waals surface area contributed by atoms with Crippen LogP contribution in [0.15, 0.2) is 0 Å². The van der Waals surface area contributed by atoms with E-state index in [0.29, 0.717) is 5.92 Å². The summed E-state index contributed by atoms with van der Waals surface area (Å²) < 4.78 is 5.06. The van der Waals surface area contributed by atoms with E-state index in [1.54, 1.807) is 0 Å². The first-order chi connectivity index (χ1) is 3.80. The molecule has 0 radical (unpaired) electrons. The van der Waals surface area contributed by atoms with Gasteiger partial charge in [-0.05, 0) is 13.3 Å². The predicted octanol–water partition coefficient (Wildman–Crippen LogP) is 0.404. The Morgan fingerprint density at radius 2 is 2.50 bits per heavy atom. The van der Waals surface area contributed by atoms with Crippen LogP contribution in [0.4, 0.5) is 0 Å². The molecule has 1 saturated heterocycles. The fraction of sp³-hybridized carbons (Fsp3) is 1.00. The van der Waals surface area contributed by atoms with Crippen molar-refractivity contribution in [1.29, 1.82) is 0 Å². The predicted molar refractivity (Wildman–Crippen MR) is 30.6 cm³/mol. The van der Waals surface area contributed by atoms with Gasteiger partial charge in [0.25, 0.3) is 0 Å². The van der Waals surface area contributed by atoms with Gasteiger partial charge in [-0.15, -0.1) is 0 Å². The summed E-state index contributed by atoms with van der Waals surface area (Å²) >= 11 is 0. The molecule has 1 heterocycles. The first-order valence-electron chi connectivity index (χ1n) is 3.06. The van der Waals surface area contributed by atoms with E-state index < -0.39 is 0 Å². The molecule has 8 heavy (non-hydrogen) atoms. The minimum atomic E-state index is -0.183. The molecule has 0 unspecified atom stereocenters. The van der Waals surface area contributed by atoms with E-state index in [-0.39, 0.29) is 6.10 Å². The highest BCUT2D eigenvalue weighted by Crippen LogP contribution is 2.15. The minimum absolute atomic E-state index is 0.183. The molecule has 1 N–H and O–H groups in total. The van der Waals surface area contributed by atoms with E-state index in [1.807, 2.05) is 6.92 Å². The number of hydrogen-bond donors (Lipinski definition) is 1. The summed E-state index contributed by atoms with van der Waals surface area (Å²) in [5, 5.41) is 8.97. The van der Waals surface area contributed by atoms with E-state index in [2.05, 4.69) is 0 Å². The second-order valence-electron chi connectivity index (χ2n) is 2.36. The Bertz CT molecular complexity index is 64.9. The number of aliphatic hydroxyl groups excluding tert-OH is 1. The Labute approximate surface area is 49.5 Å². The van der Waals surface area contributed by atoms with Crippen LogP contribution in [0.5, 0.6) is 0 Å². The van der Waals surface area contributed by atoms with Crippen molar-refractivity contribution in [2.45, 2.75) is 19.4 Å². The molecule has 48 valence electrons. The fourth-order valence-electron chi connectivity index (χ4n) is 0.933. The second kappa shape index (κ2) is 2.46. The third kappa shape index (κ3) is 1.20. The molecule has 0 saturated carbocycles. The summed E-state index contributed by atoms with van der Waals surface area (Å²) in [6, 6.07) is 0. The van der Waals surface area contributed by atoms with Crippen LogP contribution in [-0.2, 0) is 4.74 Å². The first-order valence-corrected chi connectivity index (χ1v) is 3.06. The Balaban J connectivity index is 2.24. The van der Waals surface area contributed by atoms with Crippen LogP contribution in [0.25, 0.3) is 0 Å². The van der Waals surface area contributed by atoms with E-state index in [0.717, 1.165) is 19.6 Å². The Morgan fingerprint density at radius 3 is 2.75 bits per heavy atom. The fourth-order valence-corrected chi connectivity index (χ4v) is 0.933. The second-order valence-corrected chi connectivity index (χ2v) is 2.36. The molecule has 2 heteroatoms. The first kappa shape index (κ1) is 6.05. The van der Waals surface area contributed by atoms with Crippen molar-refractivity contribution in [2.24, 2.45) is 5.92 Å². The summed E-state index contributed by atoms with van der Waals surface area (Å²) in [7, 11) is 0. The quantitative estimate of drug-likeness (QED) is 0.537. The van der Waals surface area contributed by atoms with Crippen LogP contribution >= 0.6 is 0 Å². The van der Waals surface area contributed by atoms with Gasteiger partial charge >= 0.3 is 0 Å². The van der Waals surface area contributed by atoms with E-state index in [4.69, 9.17) is 9.84 Å². The van der Waals surface area contributed by atoms with Gasteiger partial charge in [0.1, 0.15) is 0 Å². The van der Waals surface area contributed by atoms with Gasteiger partial charge in [0, 0.05) is 12.5 Å². The smallest absolute Gasteiger partial charge is 0.0563 e. The molecule has 0 amide bonds. The van der Waals surface area contributed by atoms with Crippen LogP contribution < -0.4 is 0 Å². The summed E-state index contributed by atoms with van der Waals surface area (Å²) in [4.78, 5) is 0. The van der Waals surface area contributed by atoms with Crippen molar-refractivity contribution in [3.8, 4) is 0 Å². The number of rotatable bonds is 1. The highest BCUT2D eigenvalue weighted by atomic mass is 16.5. The number of hydrogen-bond acceptors (Lipinski definition) is 2. The molecule has 0 aromatic heterocycles. The molecular weight excluding hydrogens is 104 g/mol. The van der Waals surface area contributed by atoms with E-state index in [1.165, 1.54) is 0 Å². The lowest BCUT2D eigenvalue weighted by molar-refractivity contribution is 0.106. The van der Waals surface area contributed by atoms with Crippen molar-refractivity contribution in [3.63, 3.8) is 0 Å². The summed E-state index contributed by atoms with van der Waals surface area (Å²) in [6.45, 7) is 3.40. The lowest BCUT2D eigenvalue weighted by atomic mass is 10.0. The SMILES string of the molecule is C[C@H](O)[C@@H]1CCOC1. The van der Waals surface area contributed by atoms with Crippen molar-refractivity contribution >= 4 is 0 Å². The molecule has 1 aliphatic rings. The average molecular weight is 116 g/mol. The molecule has 0 aromatic rings. The van der Waals surface area contributed by atoms with Crippen molar-refractivity contribution in [3.05, 3.63) is 0 Å². The molecule has 1 fully saturated rings. The van der Waals surface area contributed by atoms with Crippen molar-refractivity contribution < 1.29 is 9.84 Å². The van der Waals surface area contributed by atoms with Gasteiger partial charge < -0.3 is 9.84 Å². The molecule has 0 bridgehead atoms. The standard InChI is InChI=1S/C6H12O2/c1-5(7)6-2-3-8-4-6/h5-7H,2-4H2,1H3/t5-,6+/m0/s1. The van der Waals surface area contributed by atoms with Gasteiger partial charge in [-0.3, -0.25) is 0 Å². The van der Waals surface area contributed by atoms with Crippen LogP contribution in [0, 0.1) is 5.92 Å². The maximum atomic E-state index is 8.97. The van der Waals surface area contributed by atoms with Gasteiger partial charge in [0.2, 0.25) is 0 Å². The molecular formula is C6H12O2.